The maximum Gasteiger partial charge on any atom is 0.114 e. The van der Waals surface area contributed by atoms with Gasteiger partial charge in [-0.05, 0) is 38.5 Å². The van der Waals surface area contributed by atoms with Crippen molar-refractivity contribution in [2.45, 2.75) is 51.0 Å². The van der Waals surface area contributed by atoms with Crippen molar-refractivity contribution in [3.8, 4) is 11.8 Å². The zero-order valence-corrected chi connectivity index (χ0v) is 8.84. The summed E-state index contributed by atoms with van der Waals surface area (Å²) in [6.07, 6.45) is 9.39. The molecule has 14 heavy (non-hydrogen) atoms. The van der Waals surface area contributed by atoms with Crippen molar-refractivity contribution < 1.29 is 5.11 Å². The van der Waals surface area contributed by atoms with E-state index in [0.29, 0.717) is 5.92 Å². The Balaban J connectivity index is 1.94. The zero-order valence-electron chi connectivity index (χ0n) is 8.84. The smallest absolute Gasteiger partial charge is 0.114 e. The van der Waals surface area contributed by atoms with Gasteiger partial charge in [-0.1, -0.05) is 24.3 Å². The maximum atomic E-state index is 9.49. The van der Waals surface area contributed by atoms with Gasteiger partial charge >= 0.3 is 0 Å². The first-order chi connectivity index (χ1) is 6.83. The lowest BCUT2D eigenvalue weighted by atomic mass is 10.1. The summed E-state index contributed by atoms with van der Waals surface area (Å²) in [7, 11) is 0. The van der Waals surface area contributed by atoms with Gasteiger partial charge in [0, 0.05) is 5.92 Å². The third-order valence-electron chi connectivity index (χ3n) is 2.42. The van der Waals surface area contributed by atoms with E-state index in [-0.39, 0.29) is 6.10 Å². The van der Waals surface area contributed by atoms with Gasteiger partial charge in [-0.25, -0.2) is 0 Å². The van der Waals surface area contributed by atoms with Gasteiger partial charge in [-0.15, -0.1) is 6.58 Å². The van der Waals surface area contributed by atoms with E-state index >= 15 is 0 Å². The fourth-order valence-electron chi connectivity index (χ4n) is 1.32. The maximum absolute atomic E-state index is 9.49. The molecule has 0 aliphatic heterocycles. The van der Waals surface area contributed by atoms with Crippen LogP contribution in [0, 0.1) is 17.8 Å². The number of aliphatic hydroxyl groups excluding tert-OH is 1. The predicted molar refractivity (Wildman–Crippen MR) is 59.8 cm³/mol. The SMILES string of the molecule is C=CCCCCCC(O)C#CC1CC1. The second-order valence-corrected chi connectivity index (χ2v) is 4.01. The molecule has 0 aromatic rings. The third-order valence-corrected chi connectivity index (χ3v) is 2.42. The molecule has 0 aromatic heterocycles. The quantitative estimate of drug-likeness (QED) is 0.390. The predicted octanol–water partition coefficient (Wildman–Crippen LogP) is 2.90. The van der Waals surface area contributed by atoms with Crippen molar-refractivity contribution in [1.82, 2.24) is 0 Å². The summed E-state index contributed by atoms with van der Waals surface area (Å²) < 4.78 is 0. The van der Waals surface area contributed by atoms with Crippen LogP contribution in [0.4, 0.5) is 0 Å². The topological polar surface area (TPSA) is 20.2 Å². The van der Waals surface area contributed by atoms with Gasteiger partial charge in [0.1, 0.15) is 6.10 Å². The second-order valence-electron chi connectivity index (χ2n) is 4.01. The molecule has 1 unspecified atom stereocenters. The van der Waals surface area contributed by atoms with Crippen LogP contribution in [0.15, 0.2) is 12.7 Å². The largest absolute Gasteiger partial charge is 0.380 e. The van der Waals surface area contributed by atoms with Crippen LogP contribution in [0.3, 0.4) is 0 Å². The summed E-state index contributed by atoms with van der Waals surface area (Å²) in [6.45, 7) is 3.68. The van der Waals surface area contributed by atoms with Gasteiger partial charge < -0.3 is 5.11 Å². The molecule has 0 bridgehead atoms. The van der Waals surface area contributed by atoms with Crippen LogP contribution in [0.1, 0.15) is 44.9 Å². The van der Waals surface area contributed by atoms with Crippen LogP contribution in [-0.4, -0.2) is 11.2 Å². The lowest BCUT2D eigenvalue weighted by molar-refractivity contribution is 0.217. The Labute approximate surface area is 87.2 Å². The summed E-state index contributed by atoms with van der Waals surface area (Å²) in [5.74, 6) is 6.62. The fourth-order valence-corrected chi connectivity index (χ4v) is 1.32. The molecule has 1 atom stereocenters. The summed E-state index contributed by atoms with van der Waals surface area (Å²) in [4.78, 5) is 0. The summed E-state index contributed by atoms with van der Waals surface area (Å²) in [5.41, 5.74) is 0. The van der Waals surface area contributed by atoms with E-state index in [2.05, 4.69) is 18.4 Å². The molecule has 0 radical (unpaired) electrons. The van der Waals surface area contributed by atoms with Gasteiger partial charge in [0.25, 0.3) is 0 Å². The molecule has 1 nitrogen and oxygen atoms in total. The first-order valence-electron chi connectivity index (χ1n) is 5.63. The molecule has 1 rings (SSSR count). The monoisotopic (exact) mass is 192 g/mol. The highest BCUT2D eigenvalue weighted by molar-refractivity contribution is 5.12. The first kappa shape index (κ1) is 11.3. The Bertz CT molecular complexity index is 217. The standard InChI is InChI=1S/C13H20O/c1-2-3-4-5-6-7-13(14)11-10-12-8-9-12/h2,12-14H,1,3-9H2. The number of unbranched alkanes of at least 4 members (excludes halogenated alkanes) is 3. The van der Waals surface area contributed by atoms with E-state index < -0.39 is 0 Å². The van der Waals surface area contributed by atoms with Crippen LogP contribution in [-0.2, 0) is 0 Å². The second kappa shape index (κ2) is 6.68. The van der Waals surface area contributed by atoms with Crippen LogP contribution in [0.25, 0.3) is 0 Å². The number of hydrogen-bond acceptors (Lipinski definition) is 1. The molecule has 1 fully saturated rings. The molecule has 1 aliphatic rings. The Morgan fingerprint density at radius 2 is 2.14 bits per heavy atom. The molecule has 0 heterocycles. The summed E-state index contributed by atoms with van der Waals surface area (Å²) in [5, 5.41) is 9.49. The molecule has 0 amide bonds. The molecule has 0 aromatic carbocycles. The van der Waals surface area contributed by atoms with Crippen LogP contribution < -0.4 is 0 Å². The van der Waals surface area contributed by atoms with Gasteiger partial charge in [-0.3, -0.25) is 0 Å². The van der Waals surface area contributed by atoms with Crippen molar-refractivity contribution in [3.63, 3.8) is 0 Å². The lowest BCUT2D eigenvalue weighted by Crippen LogP contribution is -2.02. The third kappa shape index (κ3) is 5.83. The normalized spacial score (nSPS) is 16.9. The molecule has 1 heteroatoms. The van der Waals surface area contributed by atoms with Gasteiger partial charge in [0.05, 0.1) is 0 Å². The van der Waals surface area contributed by atoms with E-state index in [1.54, 1.807) is 0 Å². The molecule has 78 valence electrons. The highest BCUT2D eigenvalue weighted by atomic mass is 16.3. The minimum Gasteiger partial charge on any atom is -0.380 e. The van der Waals surface area contributed by atoms with Crippen molar-refractivity contribution >= 4 is 0 Å². The van der Waals surface area contributed by atoms with E-state index in [1.165, 1.54) is 25.7 Å². The molecular weight excluding hydrogens is 172 g/mol. The Morgan fingerprint density at radius 3 is 2.79 bits per heavy atom. The molecule has 0 saturated heterocycles. The number of rotatable bonds is 6. The minimum atomic E-state index is -0.390. The Morgan fingerprint density at radius 1 is 1.36 bits per heavy atom. The minimum absolute atomic E-state index is 0.390. The number of allylic oxidation sites excluding steroid dienone is 1. The molecule has 1 saturated carbocycles. The summed E-state index contributed by atoms with van der Waals surface area (Å²) >= 11 is 0. The van der Waals surface area contributed by atoms with Crippen LogP contribution >= 0.6 is 0 Å². The van der Waals surface area contributed by atoms with Gasteiger partial charge in [0.2, 0.25) is 0 Å². The molecule has 1 N–H and O–H groups in total. The highest BCUT2D eigenvalue weighted by Gasteiger charge is 2.17. The van der Waals surface area contributed by atoms with Gasteiger partial charge in [-0.2, -0.15) is 0 Å². The van der Waals surface area contributed by atoms with E-state index in [1.807, 2.05) is 6.08 Å². The van der Waals surface area contributed by atoms with E-state index in [9.17, 15) is 5.11 Å². The van der Waals surface area contributed by atoms with Gasteiger partial charge in [0.15, 0.2) is 0 Å². The van der Waals surface area contributed by atoms with Crippen LogP contribution in [0.2, 0.25) is 0 Å². The van der Waals surface area contributed by atoms with Crippen molar-refractivity contribution in [2.75, 3.05) is 0 Å². The number of hydrogen-bond donors (Lipinski definition) is 1. The van der Waals surface area contributed by atoms with Crippen molar-refractivity contribution in [1.29, 1.82) is 0 Å². The average molecular weight is 192 g/mol. The van der Waals surface area contributed by atoms with E-state index in [0.717, 1.165) is 19.3 Å². The Hall–Kier alpha value is -0.740. The summed E-state index contributed by atoms with van der Waals surface area (Å²) in [6, 6.07) is 0. The first-order valence-corrected chi connectivity index (χ1v) is 5.63. The van der Waals surface area contributed by atoms with Crippen LogP contribution in [0.5, 0.6) is 0 Å². The molecule has 1 aliphatic carbocycles. The van der Waals surface area contributed by atoms with Crippen molar-refractivity contribution in [2.24, 2.45) is 5.92 Å². The molecular formula is C13H20O. The lowest BCUT2D eigenvalue weighted by Gasteiger charge is -2.01. The highest BCUT2D eigenvalue weighted by Crippen LogP contribution is 2.27. The Kier molecular flexibility index (Phi) is 5.40. The number of aliphatic hydroxyl groups is 1. The molecule has 0 spiro atoms. The van der Waals surface area contributed by atoms with Crippen molar-refractivity contribution in [3.05, 3.63) is 12.7 Å². The zero-order chi connectivity index (χ0) is 10.2. The average Bonchev–Trinajstić information content (AvgIpc) is 2.98. The fraction of sp³-hybridized carbons (Fsp3) is 0.692. The van der Waals surface area contributed by atoms with E-state index in [4.69, 9.17) is 0 Å².